The van der Waals surface area contributed by atoms with Gasteiger partial charge >= 0.3 is 6.03 Å². The van der Waals surface area contributed by atoms with Gasteiger partial charge in [-0.15, -0.1) is 0 Å². The van der Waals surface area contributed by atoms with Gasteiger partial charge in [0.2, 0.25) is 6.79 Å². The van der Waals surface area contributed by atoms with Crippen LogP contribution in [0, 0.1) is 0 Å². The van der Waals surface area contributed by atoms with Crippen LogP contribution in [0.1, 0.15) is 18.1 Å². The van der Waals surface area contributed by atoms with Gasteiger partial charge in [0.1, 0.15) is 11.3 Å². The second-order valence-corrected chi connectivity index (χ2v) is 6.33. The standard InChI is InChI=1S/C19H18N2O5/c1-19(13-7-8-15-16(9-13)26-11-25-15)17(22)21(18(23)20-19)10-12-5-3-4-6-14(12)24-2/h3-9H,10-11H2,1-2H3,(H,20,23)/t19-/m1/s1. The van der Waals surface area contributed by atoms with Crippen LogP contribution >= 0.6 is 0 Å². The van der Waals surface area contributed by atoms with Crippen molar-refractivity contribution in [1.82, 2.24) is 10.2 Å². The number of carbonyl (C=O) groups is 2. The Hall–Kier alpha value is -3.22. The van der Waals surface area contributed by atoms with Crippen LogP contribution in [0.3, 0.4) is 0 Å². The molecule has 3 amide bonds. The van der Waals surface area contributed by atoms with E-state index in [-0.39, 0.29) is 19.2 Å². The number of urea groups is 1. The average molecular weight is 354 g/mol. The van der Waals surface area contributed by atoms with Gasteiger partial charge in [0.15, 0.2) is 11.5 Å². The van der Waals surface area contributed by atoms with Gasteiger partial charge in [-0.25, -0.2) is 4.79 Å². The lowest BCUT2D eigenvalue weighted by atomic mass is 9.91. The van der Waals surface area contributed by atoms with Crippen LogP contribution in [0.5, 0.6) is 17.2 Å². The zero-order valence-corrected chi connectivity index (χ0v) is 14.4. The number of rotatable bonds is 4. The first-order valence-electron chi connectivity index (χ1n) is 8.19. The summed E-state index contributed by atoms with van der Waals surface area (Å²) in [5, 5.41) is 2.80. The molecule has 7 heteroatoms. The predicted molar refractivity (Wildman–Crippen MR) is 92.0 cm³/mol. The summed E-state index contributed by atoms with van der Waals surface area (Å²) in [6.45, 7) is 1.97. The third-order valence-electron chi connectivity index (χ3n) is 4.75. The summed E-state index contributed by atoms with van der Waals surface area (Å²) in [6, 6.07) is 12.1. The highest BCUT2D eigenvalue weighted by Crippen LogP contribution is 2.38. The molecule has 134 valence electrons. The fraction of sp³-hybridized carbons (Fsp3) is 0.263. The molecule has 0 spiro atoms. The predicted octanol–water partition coefficient (Wildman–Crippen LogP) is 2.39. The zero-order valence-electron chi connectivity index (χ0n) is 14.4. The average Bonchev–Trinajstić information content (AvgIpc) is 3.20. The topological polar surface area (TPSA) is 77.1 Å². The number of carbonyl (C=O) groups excluding carboxylic acids is 2. The number of benzene rings is 2. The number of hydrogen-bond donors (Lipinski definition) is 1. The number of nitrogens with one attached hydrogen (secondary N) is 1. The quantitative estimate of drug-likeness (QED) is 0.853. The summed E-state index contributed by atoms with van der Waals surface area (Å²) >= 11 is 0. The van der Waals surface area contributed by atoms with Gasteiger partial charge in [-0.2, -0.15) is 0 Å². The number of methoxy groups -OCH3 is 1. The molecule has 2 aromatic rings. The summed E-state index contributed by atoms with van der Waals surface area (Å²) in [6.07, 6.45) is 0. The summed E-state index contributed by atoms with van der Waals surface area (Å²) in [4.78, 5) is 26.8. The maximum absolute atomic E-state index is 13.1. The van der Waals surface area contributed by atoms with Crippen molar-refractivity contribution in [2.45, 2.75) is 19.0 Å². The molecule has 0 aliphatic carbocycles. The van der Waals surface area contributed by atoms with Crippen molar-refractivity contribution in [2.24, 2.45) is 0 Å². The van der Waals surface area contributed by atoms with Crippen molar-refractivity contribution in [2.75, 3.05) is 13.9 Å². The van der Waals surface area contributed by atoms with Gasteiger partial charge in [-0.3, -0.25) is 9.69 Å². The lowest BCUT2D eigenvalue weighted by Crippen LogP contribution is -2.40. The van der Waals surface area contributed by atoms with E-state index in [1.165, 1.54) is 4.90 Å². The summed E-state index contributed by atoms with van der Waals surface area (Å²) in [5.74, 6) is 1.49. The van der Waals surface area contributed by atoms with Gasteiger partial charge in [-0.1, -0.05) is 24.3 Å². The van der Waals surface area contributed by atoms with Crippen LogP contribution in [0.4, 0.5) is 4.79 Å². The van der Waals surface area contributed by atoms with E-state index in [9.17, 15) is 9.59 Å². The highest BCUT2D eigenvalue weighted by atomic mass is 16.7. The third-order valence-corrected chi connectivity index (χ3v) is 4.75. The smallest absolute Gasteiger partial charge is 0.325 e. The molecule has 1 fully saturated rings. The molecule has 1 atom stereocenters. The molecule has 2 aliphatic heterocycles. The van der Waals surface area contributed by atoms with Crippen LogP contribution in [0.25, 0.3) is 0 Å². The van der Waals surface area contributed by atoms with Crippen LogP contribution in [0.15, 0.2) is 42.5 Å². The Kier molecular flexibility index (Phi) is 3.72. The Morgan fingerprint density at radius 1 is 1.15 bits per heavy atom. The minimum atomic E-state index is -1.17. The molecule has 0 aromatic heterocycles. The van der Waals surface area contributed by atoms with E-state index < -0.39 is 11.6 Å². The number of ether oxygens (including phenoxy) is 3. The minimum Gasteiger partial charge on any atom is -0.496 e. The molecule has 0 radical (unpaired) electrons. The van der Waals surface area contributed by atoms with Crippen molar-refractivity contribution in [3.05, 3.63) is 53.6 Å². The minimum absolute atomic E-state index is 0.134. The van der Waals surface area contributed by atoms with Gasteiger partial charge in [0.25, 0.3) is 5.91 Å². The van der Waals surface area contributed by atoms with Crippen LogP contribution < -0.4 is 19.5 Å². The van der Waals surface area contributed by atoms with E-state index in [0.717, 1.165) is 5.56 Å². The molecule has 2 aromatic carbocycles. The van der Waals surface area contributed by atoms with E-state index in [1.807, 2.05) is 18.2 Å². The fourth-order valence-corrected chi connectivity index (χ4v) is 3.25. The summed E-state index contributed by atoms with van der Waals surface area (Å²) < 4.78 is 16.0. The molecule has 0 unspecified atom stereocenters. The van der Waals surface area contributed by atoms with Crippen LogP contribution in [0.2, 0.25) is 0 Å². The van der Waals surface area contributed by atoms with Crippen molar-refractivity contribution in [3.8, 4) is 17.2 Å². The lowest BCUT2D eigenvalue weighted by Gasteiger charge is -2.22. The molecule has 0 bridgehead atoms. The van der Waals surface area contributed by atoms with E-state index in [1.54, 1.807) is 38.3 Å². The molecular formula is C19H18N2O5. The Morgan fingerprint density at radius 3 is 2.73 bits per heavy atom. The van der Waals surface area contributed by atoms with Gasteiger partial charge < -0.3 is 19.5 Å². The summed E-state index contributed by atoms with van der Waals surface area (Å²) in [7, 11) is 1.56. The van der Waals surface area contributed by atoms with Crippen molar-refractivity contribution in [3.63, 3.8) is 0 Å². The Balaban J connectivity index is 1.64. The van der Waals surface area contributed by atoms with E-state index in [0.29, 0.717) is 22.8 Å². The maximum atomic E-state index is 13.1. The summed E-state index contributed by atoms with van der Waals surface area (Å²) in [5.41, 5.74) is 0.233. The number of para-hydroxylation sites is 1. The van der Waals surface area contributed by atoms with Crippen LogP contribution in [-0.2, 0) is 16.9 Å². The monoisotopic (exact) mass is 354 g/mol. The van der Waals surface area contributed by atoms with Gasteiger partial charge in [0.05, 0.1) is 13.7 Å². The van der Waals surface area contributed by atoms with Crippen molar-refractivity contribution >= 4 is 11.9 Å². The van der Waals surface area contributed by atoms with Crippen molar-refractivity contribution in [1.29, 1.82) is 0 Å². The largest absolute Gasteiger partial charge is 0.496 e. The highest BCUT2D eigenvalue weighted by molar-refractivity contribution is 6.07. The number of hydrogen-bond acceptors (Lipinski definition) is 5. The first-order chi connectivity index (χ1) is 12.5. The number of nitrogens with zero attached hydrogens (tertiary/aromatic N) is 1. The van der Waals surface area contributed by atoms with E-state index in [2.05, 4.69) is 5.32 Å². The van der Waals surface area contributed by atoms with Gasteiger partial charge in [0, 0.05) is 5.56 Å². The highest BCUT2D eigenvalue weighted by Gasteiger charge is 2.49. The van der Waals surface area contributed by atoms with Gasteiger partial charge in [-0.05, 0) is 30.7 Å². The zero-order chi connectivity index (χ0) is 18.3. The molecule has 26 heavy (non-hydrogen) atoms. The maximum Gasteiger partial charge on any atom is 0.325 e. The molecule has 0 saturated carbocycles. The molecule has 1 N–H and O–H groups in total. The second kappa shape index (κ2) is 5.94. The fourth-order valence-electron chi connectivity index (χ4n) is 3.25. The van der Waals surface area contributed by atoms with Crippen LogP contribution in [-0.4, -0.2) is 30.7 Å². The molecule has 2 aliphatic rings. The third kappa shape index (κ3) is 2.44. The normalized spacial score (nSPS) is 21.1. The molecular weight excluding hydrogens is 336 g/mol. The Bertz CT molecular complexity index is 897. The van der Waals surface area contributed by atoms with Crippen molar-refractivity contribution < 1.29 is 23.8 Å². The molecule has 1 saturated heterocycles. The Morgan fingerprint density at radius 2 is 1.92 bits per heavy atom. The lowest BCUT2D eigenvalue weighted by molar-refractivity contribution is -0.131. The number of imide groups is 1. The van der Waals surface area contributed by atoms with E-state index in [4.69, 9.17) is 14.2 Å². The number of amides is 3. The Labute approximate surface area is 150 Å². The number of fused-ring (bicyclic) bond motifs is 1. The second-order valence-electron chi connectivity index (χ2n) is 6.33. The first-order valence-corrected chi connectivity index (χ1v) is 8.19. The molecule has 2 heterocycles. The molecule has 7 nitrogen and oxygen atoms in total. The van der Waals surface area contributed by atoms with E-state index >= 15 is 0 Å². The first kappa shape index (κ1) is 16.3. The molecule has 4 rings (SSSR count). The SMILES string of the molecule is COc1ccccc1CN1C(=O)N[C@](C)(c2ccc3c(c2)OCO3)C1=O.